The molecule has 0 saturated heterocycles. The van der Waals surface area contributed by atoms with Gasteiger partial charge in [-0.2, -0.15) is 5.10 Å². The molecule has 0 spiro atoms. The highest BCUT2D eigenvalue weighted by Gasteiger charge is 2.15. The first-order valence-electron chi connectivity index (χ1n) is 6.03. The summed E-state index contributed by atoms with van der Waals surface area (Å²) in [4.78, 5) is 0. The highest BCUT2D eigenvalue weighted by atomic mass is 35.5. The first kappa shape index (κ1) is 13.1. The van der Waals surface area contributed by atoms with Gasteiger partial charge in [-0.25, -0.2) is 4.68 Å². The average molecular weight is 265 g/mol. The van der Waals surface area contributed by atoms with E-state index in [0.717, 1.165) is 29.1 Å². The zero-order chi connectivity index (χ0) is 13.3. The summed E-state index contributed by atoms with van der Waals surface area (Å²) >= 11 is 6.25. The van der Waals surface area contributed by atoms with Gasteiger partial charge in [-0.1, -0.05) is 30.7 Å². The predicted molar refractivity (Wildman–Crippen MR) is 73.3 cm³/mol. The maximum atomic E-state index is 9.43. The number of aliphatic hydroxyl groups excluding tert-OH is 1. The molecule has 0 atom stereocenters. The van der Waals surface area contributed by atoms with E-state index in [9.17, 15) is 5.11 Å². The van der Waals surface area contributed by atoms with Crippen molar-refractivity contribution in [3.05, 3.63) is 45.7 Å². The van der Waals surface area contributed by atoms with Crippen molar-refractivity contribution in [2.75, 3.05) is 0 Å². The zero-order valence-electron chi connectivity index (χ0n) is 10.9. The summed E-state index contributed by atoms with van der Waals surface area (Å²) < 4.78 is 1.84. The van der Waals surface area contributed by atoms with Crippen LogP contribution in [0.1, 0.15) is 29.4 Å². The molecule has 2 rings (SSSR count). The Hall–Kier alpha value is -1.32. The largest absolute Gasteiger partial charge is 0.392 e. The lowest BCUT2D eigenvalue weighted by molar-refractivity contribution is 0.281. The molecule has 2 aromatic rings. The number of benzene rings is 1. The van der Waals surface area contributed by atoms with Gasteiger partial charge in [0.25, 0.3) is 0 Å². The Labute approximate surface area is 112 Å². The third-order valence-electron chi connectivity index (χ3n) is 3.25. The first-order chi connectivity index (χ1) is 8.60. The SMILES string of the molecule is CCc1c(C)nn(-c2c(Cl)cccc2CO)c1C. The van der Waals surface area contributed by atoms with Crippen LogP contribution < -0.4 is 0 Å². The average Bonchev–Trinajstić information content (AvgIpc) is 2.63. The summed E-state index contributed by atoms with van der Waals surface area (Å²) in [7, 11) is 0. The second kappa shape index (κ2) is 5.12. The minimum atomic E-state index is -0.0459. The van der Waals surface area contributed by atoms with Crippen molar-refractivity contribution in [1.82, 2.24) is 9.78 Å². The Kier molecular flexibility index (Phi) is 3.73. The van der Waals surface area contributed by atoms with Crippen molar-refractivity contribution < 1.29 is 5.11 Å². The molecule has 0 aliphatic rings. The van der Waals surface area contributed by atoms with Gasteiger partial charge in [0.2, 0.25) is 0 Å². The standard InChI is InChI=1S/C14H17ClN2O/c1-4-12-9(2)16-17(10(12)3)14-11(8-18)6-5-7-13(14)15/h5-7,18H,4,8H2,1-3H3. The fourth-order valence-corrected chi connectivity index (χ4v) is 2.60. The lowest BCUT2D eigenvalue weighted by Crippen LogP contribution is -2.05. The van der Waals surface area contributed by atoms with Crippen molar-refractivity contribution in [1.29, 1.82) is 0 Å². The molecular weight excluding hydrogens is 248 g/mol. The van der Waals surface area contributed by atoms with Crippen LogP contribution in [-0.2, 0) is 13.0 Å². The van der Waals surface area contributed by atoms with Gasteiger partial charge < -0.3 is 5.11 Å². The van der Waals surface area contributed by atoms with E-state index in [1.54, 1.807) is 0 Å². The van der Waals surface area contributed by atoms with Gasteiger partial charge in [0.05, 0.1) is 23.0 Å². The molecule has 1 N–H and O–H groups in total. The van der Waals surface area contributed by atoms with Gasteiger partial charge in [-0.3, -0.25) is 0 Å². The number of aromatic nitrogens is 2. The number of rotatable bonds is 3. The lowest BCUT2D eigenvalue weighted by atomic mass is 10.1. The zero-order valence-corrected chi connectivity index (χ0v) is 11.6. The van der Waals surface area contributed by atoms with Crippen LogP contribution in [0.15, 0.2) is 18.2 Å². The van der Waals surface area contributed by atoms with E-state index in [-0.39, 0.29) is 6.61 Å². The molecule has 18 heavy (non-hydrogen) atoms. The van der Waals surface area contributed by atoms with Crippen LogP contribution in [-0.4, -0.2) is 14.9 Å². The molecule has 0 bridgehead atoms. The highest BCUT2D eigenvalue weighted by Crippen LogP contribution is 2.27. The summed E-state index contributed by atoms with van der Waals surface area (Å²) in [6, 6.07) is 5.52. The minimum absolute atomic E-state index is 0.0459. The molecule has 4 heteroatoms. The van der Waals surface area contributed by atoms with Crippen LogP contribution in [0.5, 0.6) is 0 Å². The van der Waals surface area contributed by atoms with Gasteiger partial charge in [-0.05, 0) is 31.9 Å². The Bertz CT molecular complexity index is 575. The fourth-order valence-electron chi connectivity index (χ4n) is 2.33. The molecule has 0 fully saturated rings. The summed E-state index contributed by atoms with van der Waals surface area (Å²) in [5, 5.41) is 14.6. The van der Waals surface area contributed by atoms with Crippen molar-refractivity contribution in [3.63, 3.8) is 0 Å². The summed E-state index contributed by atoms with van der Waals surface area (Å²) in [6.45, 7) is 6.09. The van der Waals surface area contributed by atoms with Crippen LogP contribution in [0, 0.1) is 13.8 Å². The fraction of sp³-hybridized carbons (Fsp3) is 0.357. The second-order valence-electron chi connectivity index (χ2n) is 4.32. The summed E-state index contributed by atoms with van der Waals surface area (Å²) in [5.41, 5.74) is 4.90. The number of hydrogen-bond acceptors (Lipinski definition) is 2. The number of aliphatic hydroxyl groups is 1. The van der Waals surface area contributed by atoms with Gasteiger partial charge >= 0.3 is 0 Å². The van der Waals surface area contributed by atoms with Crippen LogP contribution in [0.2, 0.25) is 5.02 Å². The van der Waals surface area contributed by atoms with Crippen molar-refractivity contribution in [3.8, 4) is 5.69 Å². The molecule has 0 radical (unpaired) electrons. The Morgan fingerprint density at radius 2 is 2.06 bits per heavy atom. The van der Waals surface area contributed by atoms with E-state index in [1.165, 1.54) is 5.56 Å². The number of nitrogens with zero attached hydrogens (tertiary/aromatic N) is 2. The van der Waals surface area contributed by atoms with Gasteiger partial charge in [0, 0.05) is 11.3 Å². The van der Waals surface area contributed by atoms with Gasteiger partial charge in [0.1, 0.15) is 0 Å². The van der Waals surface area contributed by atoms with Gasteiger partial charge in [0.15, 0.2) is 0 Å². The molecule has 1 aromatic heterocycles. The maximum absolute atomic E-state index is 9.43. The molecule has 3 nitrogen and oxygen atoms in total. The predicted octanol–water partition coefficient (Wildman–Crippen LogP) is 3.20. The topological polar surface area (TPSA) is 38.0 Å². The Balaban J connectivity index is 2.69. The number of hydrogen-bond donors (Lipinski definition) is 1. The molecule has 0 saturated carbocycles. The van der Waals surface area contributed by atoms with Crippen LogP contribution in [0.4, 0.5) is 0 Å². The number of halogens is 1. The maximum Gasteiger partial charge on any atom is 0.0890 e. The minimum Gasteiger partial charge on any atom is -0.392 e. The highest BCUT2D eigenvalue weighted by molar-refractivity contribution is 6.32. The van der Waals surface area contributed by atoms with Crippen molar-refractivity contribution >= 4 is 11.6 Å². The number of para-hydroxylation sites is 1. The van der Waals surface area contributed by atoms with E-state index in [0.29, 0.717) is 5.02 Å². The van der Waals surface area contributed by atoms with E-state index in [2.05, 4.69) is 12.0 Å². The van der Waals surface area contributed by atoms with E-state index >= 15 is 0 Å². The molecular formula is C14H17ClN2O. The van der Waals surface area contributed by atoms with Crippen LogP contribution in [0.25, 0.3) is 5.69 Å². The summed E-state index contributed by atoms with van der Waals surface area (Å²) in [5.74, 6) is 0. The van der Waals surface area contributed by atoms with E-state index in [1.807, 2.05) is 36.7 Å². The van der Waals surface area contributed by atoms with E-state index in [4.69, 9.17) is 11.6 Å². The third-order valence-corrected chi connectivity index (χ3v) is 3.55. The first-order valence-corrected chi connectivity index (χ1v) is 6.41. The van der Waals surface area contributed by atoms with Crippen LogP contribution in [0.3, 0.4) is 0 Å². The summed E-state index contributed by atoms with van der Waals surface area (Å²) in [6.07, 6.45) is 0.941. The molecule has 96 valence electrons. The van der Waals surface area contributed by atoms with Gasteiger partial charge in [-0.15, -0.1) is 0 Å². The Morgan fingerprint density at radius 3 is 2.61 bits per heavy atom. The Morgan fingerprint density at radius 1 is 1.33 bits per heavy atom. The third kappa shape index (κ3) is 2.04. The molecule has 0 aliphatic carbocycles. The quantitative estimate of drug-likeness (QED) is 0.925. The molecule has 0 amide bonds. The van der Waals surface area contributed by atoms with Crippen molar-refractivity contribution in [2.45, 2.75) is 33.8 Å². The molecule has 0 unspecified atom stereocenters. The normalized spacial score (nSPS) is 10.9. The number of aryl methyl sites for hydroxylation is 1. The van der Waals surface area contributed by atoms with Crippen molar-refractivity contribution in [2.24, 2.45) is 0 Å². The lowest BCUT2D eigenvalue weighted by Gasteiger charge is -2.11. The molecule has 0 aliphatic heterocycles. The molecule has 1 heterocycles. The van der Waals surface area contributed by atoms with E-state index < -0.39 is 0 Å². The van der Waals surface area contributed by atoms with Crippen LogP contribution >= 0.6 is 11.6 Å². The molecule has 1 aromatic carbocycles. The second-order valence-corrected chi connectivity index (χ2v) is 4.73. The smallest absolute Gasteiger partial charge is 0.0890 e. The monoisotopic (exact) mass is 264 g/mol.